The molecular formula is C14H14N2O2S. The first-order chi connectivity index (χ1) is 9.29. The highest BCUT2D eigenvalue weighted by atomic mass is 32.1. The van der Waals surface area contributed by atoms with Crippen LogP contribution < -0.4 is 0 Å². The van der Waals surface area contributed by atoms with Gasteiger partial charge in [-0.1, -0.05) is 6.07 Å². The maximum absolute atomic E-state index is 12.0. The van der Waals surface area contributed by atoms with E-state index in [1.165, 1.54) is 12.8 Å². The summed E-state index contributed by atoms with van der Waals surface area (Å²) >= 11 is 1.59. The van der Waals surface area contributed by atoms with E-state index in [9.17, 15) is 4.79 Å². The molecule has 1 aliphatic rings. The molecule has 1 fully saturated rings. The van der Waals surface area contributed by atoms with Crippen LogP contribution in [0.4, 0.5) is 0 Å². The second-order valence-electron chi connectivity index (χ2n) is 4.47. The van der Waals surface area contributed by atoms with Gasteiger partial charge in [0.1, 0.15) is 0 Å². The second kappa shape index (κ2) is 5.09. The zero-order chi connectivity index (χ0) is 13.2. The highest BCUT2D eigenvalue weighted by Crippen LogP contribution is 2.44. The van der Waals surface area contributed by atoms with Gasteiger partial charge < -0.3 is 4.74 Å². The third kappa shape index (κ3) is 2.51. The van der Waals surface area contributed by atoms with Gasteiger partial charge in [-0.3, -0.25) is 4.98 Å². The summed E-state index contributed by atoms with van der Waals surface area (Å²) in [6.45, 7) is 2.16. The highest BCUT2D eigenvalue weighted by molar-refractivity contribution is 7.15. The van der Waals surface area contributed by atoms with Crippen LogP contribution in [0.5, 0.6) is 0 Å². The predicted octanol–water partition coefficient (Wildman–Crippen LogP) is 3.26. The molecule has 98 valence electrons. The van der Waals surface area contributed by atoms with Crippen molar-refractivity contribution < 1.29 is 9.53 Å². The molecule has 1 saturated carbocycles. The van der Waals surface area contributed by atoms with Crippen molar-refractivity contribution >= 4 is 17.3 Å². The largest absolute Gasteiger partial charge is 0.461 e. The van der Waals surface area contributed by atoms with Crippen molar-refractivity contribution in [2.75, 3.05) is 6.61 Å². The molecule has 0 saturated heterocycles. The topological polar surface area (TPSA) is 52.1 Å². The smallest absolute Gasteiger partial charge is 0.358 e. The van der Waals surface area contributed by atoms with Gasteiger partial charge in [-0.05, 0) is 25.8 Å². The summed E-state index contributed by atoms with van der Waals surface area (Å²) in [6.07, 6.45) is 5.81. The Kier molecular flexibility index (Phi) is 3.29. The van der Waals surface area contributed by atoms with Crippen LogP contribution in [0, 0.1) is 0 Å². The number of pyridine rings is 1. The summed E-state index contributed by atoms with van der Waals surface area (Å²) in [5, 5.41) is 1.04. The van der Waals surface area contributed by atoms with Crippen molar-refractivity contribution in [2.24, 2.45) is 0 Å². The molecule has 0 amide bonds. The number of carbonyl (C=O) groups is 1. The molecule has 0 unspecified atom stereocenters. The molecule has 19 heavy (non-hydrogen) atoms. The molecule has 0 atom stereocenters. The van der Waals surface area contributed by atoms with Gasteiger partial charge in [0.05, 0.1) is 16.5 Å². The van der Waals surface area contributed by atoms with E-state index in [1.807, 2.05) is 12.1 Å². The number of hydrogen-bond donors (Lipinski definition) is 0. The Hall–Kier alpha value is -1.75. The van der Waals surface area contributed by atoms with Crippen molar-refractivity contribution in [1.82, 2.24) is 9.97 Å². The van der Waals surface area contributed by atoms with E-state index in [0.717, 1.165) is 15.4 Å². The number of rotatable bonds is 4. The van der Waals surface area contributed by atoms with E-state index in [4.69, 9.17) is 4.74 Å². The molecular weight excluding hydrogens is 260 g/mol. The lowest BCUT2D eigenvalue weighted by atomic mass is 10.2. The fourth-order valence-corrected chi connectivity index (χ4v) is 3.08. The number of nitrogens with zero attached hydrogens (tertiary/aromatic N) is 2. The maximum atomic E-state index is 12.0. The molecule has 0 spiro atoms. The minimum absolute atomic E-state index is 0.343. The van der Waals surface area contributed by atoms with Crippen molar-refractivity contribution in [3.63, 3.8) is 0 Å². The van der Waals surface area contributed by atoms with Crippen molar-refractivity contribution in [2.45, 2.75) is 25.7 Å². The molecule has 0 aromatic carbocycles. The summed E-state index contributed by atoms with van der Waals surface area (Å²) in [4.78, 5) is 21.5. The molecule has 5 heteroatoms. The summed E-state index contributed by atoms with van der Waals surface area (Å²) in [5.41, 5.74) is 1.36. The highest BCUT2D eigenvalue weighted by Gasteiger charge is 2.30. The number of hydrogen-bond acceptors (Lipinski definition) is 5. The van der Waals surface area contributed by atoms with Crippen molar-refractivity contribution in [3.05, 3.63) is 35.2 Å². The van der Waals surface area contributed by atoms with Gasteiger partial charge in [-0.2, -0.15) is 0 Å². The van der Waals surface area contributed by atoms with Gasteiger partial charge in [0.2, 0.25) is 0 Å². The van der Waals surface area contributed by atoms with Crippen LogP contribution in [0.25, 0.3) is 10.4 Å². The molecule has 0 bridgehead atoms. The predicted molar refractivity (Wildman–Crippen MR) is 73.3 cm³/mol. The summed E-state index contributed by atoms with van der Waals surface area (Å²) in [7, 11) is 0. The van der Waals surface area contributed by atoms with Gasteiger partial charge in [0, 0.05) is 23.9 Å². The summed E-state index contributed by atoms with van der Waals surface area (Å²) in [6, 6.07) is 3.81. The molecule has 2 heterocycles. The lowest BCUT2D eigenvalue weighted by molar-refractivity contribution is 0.0521. The average molecular weight is 274 g/mol. The third-order valence-electron chi connectivity index (χ3n) is 2.96. The maximum Gasteiger partial charge on any atom is 0.358 e. The van der Waals surface area contributed by atoms with Crippen LogP contribution in [-0.4, -0.2) is 22.5 Å². The van der Waals surface area contributed by atoms with E-state index in [0.29, 0.717) is 18.2 Å². The van der Waals surface area contributed by atoms with Gasteiger partial charge >= 0.3 is 5.97 Å². The Bertz CT molecular complexity index is 591. The van der Waals surface area contributed by atoms with Crippen molar-refractivity contribution in [1.29, 1.82) is 0 Å². The summed E-state index contributed by atoms with van der Waals surface area (Å²) < 4.78 is 5.09. The number of esters is 1. The van der Waals surface area contributed by atoms with Gasteiger partial charge in [-0.15, -0.1) is 11.3 Å². The molecule has 0 aliphatic heterocycles. The fourth-order valence-electron chi connectivity index (χ4n) is 1.87. The molecule has 0 radical (unpaired) electrons. The molecule has 3 rings (SSSR count). The van der Waals surface area contributed by atoms with E-state index < -0.39 is 0 Å². The molecule has 2 aromatic heterocycles. The lowest BCUT2D eigenvalue weighted by Crippen LogP contribution is -2.06. The van der Waals surface area contributed by atoms with Crippen LogP contribution in [0.1, 0.15) is 41.2 Å². The number of carbonyl (C=O) groups excluding carboxylic acids is 1. The molecule has 4 nitrogen and oxygen atoms in total. The lowest BCUT2D eigenvalue weighted by Gasteiger charge is -2.01. The average Bonchev–Trinajstić information content (AvgIpc) is 3.19. The minimum Gasteiger partial charge on any atom is -0.461 e. The van der Waals surface area contributed by atoms with Crippen LogP contribution in [-0.2, 0) is 4.74 Å². The number of ether oxygens (including phenoxy) is 1. The SMILES string of the molecule is CCOC(=O)c1nc(C2CC2)sc1-c1cccnc1. The Morgan fingerprint density at radius 2 is 2.37 bits per heavy atom. The molecule has 0 N–H and O–H groups in total. The van der Waals surface area contributed by atoms with E-state index in [2.05, 4.69) is 9.97 Å². The summed E-state index contributed by atoms with van der Waals surface area (Å²) in [5.74, 6) is 0.188. The first-order valence-electron chi connectivity index (χ1n) is 6.38. The standard InChI is InChI=1S/C14H14N2O2S/c1-2-18-14(17)11-12(10-4-3-7-15-8-10)19-13(16-11)9-5-6-9/h3-4,7-9H,2,5-6H2,1H3. The van der Waals surface area contributed by atoms with Gasteiger partial charge in [-0.25, -0.2) is 9.78 Å². The Balaban J connectivity index is 2.03. The Labute approximate surface area is 115 Å². The van der Waals surface area contributed by atoms with Crippen LogP contribution >= 0.6 is 11.3 Å². The van der Waals surface area contributed by atoms with Crippen LogP contribution in [0.3, 0.4) is 0 Å². The second-order valence-corrected chi connectivity index (χ2v) is 5.50. The molecule has 1 aliphatic carbocycles. The normalized spacial score (nSPS) is 14.4. The molecule has 2 aromatic rings. The van der Waals surface area contributed by atoms with Gasteiger partial charge in [0.25, 0.3) is 0 Å². The van der Waals surface area contributed by atoms with E-state index in [1.54, 1.807) is 30.7 Å². The zero-order valence-electron chi connectivity index (χ0n) is 10.6. The number of thiazole rings is 1. The van der Waals surface area contributed by atoms with Crippen LogP contribution in [0.2, 0.25) is 0 Å². The van der Waals surface area contributed by atoms with Crippen molar-refractivity contribution in [3.8, 4) is 10.4 Å². The monoisotopic (exact) mass is 274 g/mol. The fraction of sp³-hybridized carbons (Fsp3) is 0.357. The first-order valence-corrected chi connectivity index (χ1v) is 7.19. The van der Waals surface area contributed by atoms with E-state index >= 15 is 0 Å². The van der Waals surface area contributed by atoms with E-state index in [-0.39, 0.29) is 5.97 Å². The van der Waals surface area contributed by atoms with Crippen LogP contribution in [0.15, 0.2) is 24.5 Å². The number of aromatic nitrogens is 2. The van der Waals surface area contributed by atoms with Gasteiger partial charge in [0.15, 0.2) is 5.69 Å². The quantitative estimate of drug-likeness (QED) is 0.803. The first kappa shape index (κ1) is 12.3. The minimum atomic E-state index is -0.343. The Morgan fingerprint density at radius 3 is 3.00 bits per heavy atom. The zero-order valence-corrected chi connectivity index (χ0v) is 11.4. The Morgan fingerprint density at radius 1 is 1.53 bits per heavy atom. The third-order valence-corrected chi connectivity index (χ3v) is 4.23.